The Kier molecular flexibility index (Phi) is 4.80. The van der Waals surface area contributed by atoms with Crippen molar-refractivity contribution in [1.29, 1.82) is 0 Å². The fourth-order valence-corrected chi connectivity index (χ4v) is 4.38. The largest absolute Gasteiger partial charge is 0.379 e. The molecule has 7 heteroatoms. The summed E-state index contributed by atoms with van der Waals surface area (Å²) >= 11 is 0. The number of carbonyl (C=O) groups excluding carboxylic acids is 1. The predicted octanol–water partition coefficient (Wildman–Crippen LogP) is 0.919. The second-order valence-electron chi connectivity index (χ2n) is 7.42. The molecule has 1 aromatic rings. The molecule has 1 aliphatic heterocycles. The van der Waals surface area contributed by atoms with E-state index in [-0.39, 0.29) is 5.91 Å². The topological polar surface area (TPSA) is 72.3 Å². The Balaban J connectivity index is 1.28. The number of rotatable bonds is 5. The molecule has 3 aliphatic carbocycles. The van der Waals surface area contributed by atoms with E-state index >= 15 is 0 Å². The number of aromatic nitrogens is 3. The van der Waals surface area contributed by atoms with Crippen molar-refractivity contribution in [2.75, 3.05) is 32.8 Å². The number of morpholine rings is 1. The van der Waals surface area contributed by atoms with Gasteiger partial charge in [0.1, 0.15) is 0 Å². The van der Waals surface area contributed by atoms with Gasteiger partial charge in [0, 0.05) is 25.7 Å². The van der Waals surface area contributed by atoms with Crippen LogP contribution in [0.4, 0.5) is 0 Å². The second-order valence-corrected chi connectivity index (χ2v) is 7.42. The molecule has 24 heavy (non-hydrogen) atoms. The maximum atomic E-state index is 12.5. The lowest BCUT2D eigenvalue weighted by molar-refractivity contribution is 0.0359. The molecule has 0 aromatic carbocycles. The number of nitrogens with one attached hydrogen (secondary N) is 1. The van der Waals surface area contributed by atoms with Crippen LogP contribution in [0.25, 0.3) is 0 Å². The summed E-state index contributed by atoms with van der Waals surface area (Å²) in [6.07, 6.45) is 8.13. The summed E-state index contributed by atoms with van der Waals surface area (Å²) in [7, 11) is 0. The van der Waals surface area contributed by atoms with Crippen LogP contribution in [0, 0.1) is 11.8 Å². The highest BCUT2D eigenvalue weighted by molar-refractivity contribution is 5.92. The number of nitrogens with zero attached hydrogens (tertiary/aromatic N) is 4. The van der Waals surface area contributed by atoms with Crippen molar-refractivity contribution in [2.45, 2.75) is 44.7 Å². The molecular formula is C17H27N5O2. The lowest BCUT2D eigenvalue weighted by Crippen LogP contribution is -2.47. The third kappa shape index (κ3) is 3.62. The first-order valence-electron chi connectivity index (χ1n) is 9.29. The summed E-state index contributed by atoms with van der Waals surface area (Å²) in [5.74, 6) is 1.41. The third-order valence-electron chi connectivity index (χ3n) is 5.88. The molecule has 1 aromatic heterocycles. The van der Waals surface area contributed by atoms with Crippen LogP contribution in [-0.4, -0.2) is 64.7 Å². The van der Waals surface area contributed by atoms with Gasteiger partial charge in [-0.25, -0.2) is 0 Å². The minimum atomic E-state index is -0.0647. The normalized spacial score (nSPS) is 30.4. The van der Waals surface area contributed by atoms with E-state index in [0.717, 1.165) is 51.7 Å². The van der Waals surface area contributed by atoms with Gasteiger partial charge >= 0.3 is 0 Å². The van der Waals surface area contributed by atoms with Gasteiger partial charge in [-0.05, 0) is 31.1 Å². The molecule has 132 valence electrons. The molecule has 1 saturated heterocycles. The molecule has 0 radical (unpaired) electrons. The highest BCUT2D eigenvalue weighted by atomic mass is 16.5. The van der Waals surface area contributed by atoms with E-state index in [9.17, 15) is 4.79 Å². The summed E-state index contributed by atoms with van der Waals surface area (Å²) in [6, 6.07) is 0.337. The molecule has 2 bridgehead atoms. The monoisotopic (exact) mass is 333 g/mol. The van der Waals surface area contributed by atoms with Gasteiger partial charge in [-0.2, -0.15) is 0 Å². The first kappa shape index (κ1) is 16.0. The van der Waals surface area contributed by atoms with Gasteiger partial charge in [-0.3, -0.25) is 14.4 Å². The van der Waals surface area contributed by atoms with E-state index < -0.39 is 0 Å². The third-order valence-corrected chi connectivity index (χ3v) is 5.88. The Morgan fingerprint density at radius 1 is 1.21 bits per heavy atom. The van der Waals surface area contributed by atoms with E-state index in [1.54, 1.807) is 10.9 Å². The average Bonchev–Trinajstić information content (AvgIpc) is 3.11. The SMILES string of the molecule is O=C(NC1CC2CCC1CC2)c1cn(CCN2CCOCC2)nn1. The summed E-state index contributed by atoms with van der Waals surface area (Å²) in [4.78, 5) is 14.8. The Labute approximate surface area is 142 Å². The van der Waals surface area contributed by atoms with Crippen molar-refractivity contribution in [3.8, 4) is 0 Å². The number of hydrogen-bond acceptors (Lipinski definition) is 5. The molecule has 1 amide bonds. The summed E-state index contributed by atoms with van der Waals surface area (Å²) in [6.45, 7) is 5.20. The summed E-state index contributed by atoms with van der Waals surface area (Å²) in [5, 5.41) is 11.4. The standard InChI is InChI=1S/C17H27N5O2/c23-17(18-15-11-13-1-3-14(15)4-2-13)16-12-22(20-19-16)6-5-21-7-9-24-10-8-21/h12-15H,1-11H2,(H,18,23). The van der Waals surface area contributed by atoms with E-state index in [1.165, 1.54) is 25.7 Å². The molecule has 4 fully saturated rings. The van der Waals surface area contributed by atoms with Crippen molar-refractivity contribution in [1.82, 2.24) is 25.2 Å². The zero-order chi connectivity index (χ0) is 16.4. The van der Waals surface area contributed by atoms with Crippen LogP contribution in [0.1, 0.15) is 42.6 Å². The first-order chi connectivity index (χ1) is 11.8. The zero-order valence-electron chi connectivity index (χ0n) is 14.2. The smallest absolute Gasteiger partial charge is 0.273 e. The Morgan fingerprint density at radius 2 is 2.00 bits per heavy atom. The zero-order valence-corrected chi connectivity index (χ0v) is 14.2. The fourth-order valence-electron chi connectivity index (χ4n) is 4.38. The molecule has 5 rings (SSSR count). The minimum absolute atomic E-state index is 0.0647. The molecule has 1 unspecified atom stereocenters. The fraction of sp³-hybridized carbons (Fsp3) is 0.824. The minimum Gasteiger partial charge on any atom is -0.379 e. The Morgan fingerprint density at radius 3 is 2.71 bits per heavy atom. The second kappa shape index (κ2) is 7.19. The quantitative estimate of drug-likeness (QED) is 0.867. The highest BCUT2D eigenvalue weighted by Gasteiger charge is 2.36. The molecule has 3 saturated carbocycles. The highest BCUT2D eigenvalue weighted by Crippen LogP contribution is 2.41. The van der Waals surface area contributed by atoms with Crippen molar-refractivity contribution in [3.63, 3.8) is 0 Å². The van der Waals surface area contributed by atoms with E-state index in [2.05, 4.69) is 20.5 Å². The van der Waals surface area contributed by atoms with E-state index in [4.69, 9.17) is 4.74 Å². The van der Waals surface area contributed by atoms with Gasteiger partial charge < -0.3 is 10.1 Å². The lowest BCUT2D eigenvalue weighted by Gasteiger charge is -2.42. The maximum absolute atomic E-state index is 12.5. The van der Waals surface area contributed by atoms with Crippen LogP contribution in [0.3, 0.4) is 0 Å². The number of ether oxygens (including phenoxy) is 1. The number of hydrogen-bond donors (Lipinski definition) is 1. The van der Waals surface area contributed by atoms with Crippen molar-refractivity contribution < 1.29 is 9.53 Å². The van der Waals surface area contributed by atoms with Gasteiger partial charge in [0.05, 0.1) is 26.0 Å². The molecule has 1 N–H and O–H groups in total. The summed E-state index contributed by atoms with van der Waals surface area (Å²) in [5.41, 5.74) is 0.443. The van der Waals surface area contributed by atoms with Gasteiger partial charge in [0.15, 0.2) is 5.69 Å². The number of amides is 1. The molecule has 1 atom stereocenters. The first-order valence-corrected chi connectivity index (χ1v) is 9.29. The van der Waals surface area contributed by atoms with Gasteiger partial charge in [0.25, 0.3) is 5.91 Å². The molecule has 7 nitrogen and oxygen atoms in total. The van der Waals surface area contributed by atoms with Crippen LogP contribution >= 0.6 is 0 Å². The van der Waals surface area contributed by atoms with Crippen LogP contribution in [0.15, 0.2) is 6.20 Å². The van der Waals surface area contributed by atoms with Crippen LogP contribution in [0.5, 0.6) is 0 Å². The maximum Gasteiger partial charge on any atom is 0.273 e. The number of fused-ring (bicyclic) bond motifs is 3. The van der Waals surface area contributed by atoms with Gasteiger partial charge in [-0.15, -0.1) is 5.10 Å². The van der Waals surface area contributed by atoms with Crippen molar-refractivity contribution >= 4 is 5.91 Å². The van der Waals surface area contributed by atoms with Gasteiger partial charge in [0.2, 0.25) is 0 Å². The molecule has 4 aliphatic rings. The Hall–Kier alpha value is -1.47. The van der Waals surface area contributed by atoms with Crippen molar-refractivity contribution in [2.24, 2.45) is 11.8 Å². The molecular weight excluding hydrogens is 306 g/mol. The predicted molar refractivity (Wildman–Crippen MR) is 88.6 cm³/mol. The molecule has 2 heterocycles. The number of carbonyl (C=O) groups is 1. The Bertz CT molecular complexity index is 561. The van der Waals surface area contributed by atoms with Crippen LogP contribution < -0.4 is 5.32 Å². The lowest BCUT2D eigenvalue weighted by atomic mass is 9.68. The van der Waals surface area contributed by atoms with Crippen LogP contribution in [-0.2, 0) is 11.3 Å². The van der Waals surface area contributed by atoms with E-state index in [0.29, 0.717) is 17.7 Å². The van der Waals surface area contributed by atoms with E-state index in [1.807, 2.05) is 0 Å². The summed E-state index contributed by atoms with van der Waals surface area (Å²) < 4.78 is 7.13. The van der Waals surface area contributed by atoms with Gasteiger partial charge in [-0.1, -0.05) is 18.1 Å². The molecule has 0 spiro atoms. The average molecular weight is 333 g/mol. The van der Waals surface area contributed by atoms with Crippen molar-refractivity contribution in [3.05, 3.63) is 11.9 Å². The van der Waals surface area contributed by atoms with Crippen LogP contribution in [0.2, 0.25) is 0 Å².